The summed E-state index contributed by atoms with van der Waals surface area (Å²) in [4.78, 5) is 0. The van der Waals surface area contributed by atoms with Crippen LogP contribution in [0, 0.1) is 11.3 Å². The van der Waals surface area contributed by atoms with Gasteiger partial charge in [-0.05, 0) is 48.9 Å². The Kier molecular flexibility index (Phi) is 4.00. The van der Waals surface area contributed by atoms with E-state index in [1.807, 2.05) is 18.2 Å². The molecule has 0 aromatic heterocycles. The minimum Gasteiger partial charge on any atom is -0.494 e. The number of fused-ring (bicyclic) bond motifs is 1. The van der Waals surface area contributed by atoms with E-state index in [2.05, 4.69) is 6.07 Å². The fourth-order valence-electron chi connectivity index (χ4n) is 2.18. The predicted molar refractivity (Wildman–Crippen MR) is 64.7 cm³/mol. The van der Waals surface area contributed by atoms with Gasteiger partial charge in [-0.3, -0.25) is 0 Å². The van der Waals surface area contributed by atoms with Crippen LogP contribution in [0.4, 0.5) is 0 Å². The van der Waals surface area contributed by atoms with E-state index in [9.17, 15) is 5.11 Å². The van der Waals surface area contributed by atoms with Gasteiger partial charge in [-0.2, -0.15) is 5.26 Å². The lowest BCUT2D eigenvalue weighted by Gasteiger charge is -2.21. The van der Waals surface area contributed by atoms with Crippen molar-refractivity contribution in [3.05, 3.63) is 29.3 Å². The van der Waals surface area contributed by atoms with E-state index in [0.717, 1.165) is 37.0 Å². The van der Waals surface area contributed by atoms with Crippen molar-refractivity contribution in [1.29, 1.82) is 5.26 Å². The van der Waals surface area contributed by atoms with E-state index in [1.54, 1.807) is 0 Å². The second-order valence-electron chi connectivity index (χ2n) is 4.38. The molecule has 3 heteroatoms. The quantitative estimate of drug-likeness (QED) is 0.811. The smallest absolute Gasteiger partial charge is 0.119 e. The molecule has 0 radical (unpaired) electrons. The first-order chi connectivity index (χ1) is 8.31. The van der Waals surface area contributed by atoms with Gasteiger partial charge in [-0.15, -0.1) is 0 Å². The van der Waals surface area contributed by atoms with Gasteiger partial charge < -0.3 is 9.84 Å². The van der Waals surface area contributed by atoms with Gasteiger partial charge in [-0.1, -0.05) is 6.07 Å². The molecule has 1 aromatic carbocycles. The summed E-state index contributed by atoms with van der Waals surface area (Å²) in [5.41, 5.74) is 2.24. The van der Waals surface area contributed by atoms with E-state index in [0.29, 0.717) is 13.0 Å². The van der Waals surface area contributed by atoms with Crippen molar-refractivity contribution >= 4 is 0 Å². The summed E-state index contributed by atoms with van der Waals surface area (Å²) in [6.45, 7) is 0.558. The van der Waals surface area contributed by atoms with Gasteiger partial charge in [0.1, 0.15) is 5.75 Å². The highest BCUT2D eigenvalue weighted by Crippen LogP contribution is 2.32. The van der Waals surface area contributed by atoms with Crippen LogP contribution in [-0.4, -0.2) is 11.7 Å². The van der Waals surface area contributed by atoms with Crippen LogP contribution < -0.4 is 4.74 Å². The monoisotopic (exact) mass is 231 g/mol. The highest BCUT2D eigenvalue weighted by molar-refractivity contribution is 5.38. The van der Waals surface area contributed by atoms with E-state index >= 15 is 0 Å². The van der Waals surface area contributed by atoms with Crippen molar-refractivity contribution < 1.29 is 9.84 Å². The van der Waals surface area contributed by atoms with Crippen molar-refractivity contribution in [2.75, 3.05) is 6.61 Å². The van der Waals surface area contributed by atoms with Crippen molar-refractivity contribution in [3.8, 4) is 11.8 Å². The summed E-state index contributed by atoms with van der Waals surface area (Å²) in [6.07, 6.45) is 3.85. The second-order valence-corrected chi connectivity index (χ2v) is 4.38. The first-order valence-electron chi connectivity index (χ1n) is 6.12. The summed E-state index contributed by atoms with van der Waals surface area (Å²) in [5, 5.41) is 18.3. The zero-order valence-electron chi connectivity index (χ0n) is 9.85. The molecule has 90 valence electrons. The molecule has 0 saturated carbocycles. The summed E-state index contributed by atoms with van der Waals surface area (Å²) in [6, 6.07) is 8.01. The molecule has 1 unspecified atom stereocenters. The molecule has 0 spiro atoms. The van der Waals surface area contributed by atoms with Gasteiger partial charge in [0.15, 0.2) is 0 Å². The third kappa shape index (κ3) is 2.98. The molecule has 1 aliphatic carbocycles. The van der Waals surface area contributed by atoms with E-state index in [1.165, 1.54) is 5.56 Å². The lowest BCUT2D eigenvalue weighted by atomic mass is 9.89. The van der Waals surface area contributed by atoms with Crippen LogP contribution in [0.3, 0.4) is 0 Å². The predicted octanol–water partition coefficient (Wildman–Crippen LogP) is 2.74. The van der Waals surface area contributed by atoms with Crippen LogP contribution in [0.1, 0.15) is 42.9 Å². The molecule has 0 fully saturated rings. The van der Waals surface area contributed by atoms with Gasteiger partial charge in [0.25, 0.3) is 0 Å². The molecular formula is C14H17NO2. The maximum Gasteiger partial charge on any atom is 0.119 e. The molecule has 1 aliphatic rings. The molecule has 1 aromatic rings. The lowest BCUT2D eigenvalue weighted by Crippen LogP contribution is -2.09. The minimum absolute atomic E-state index is 0.346. The minimum atomic E-state index is -0.346. The van der Waals surface area contributed by atoms with Gasteiger partial charge in [-0.25, -0.2) is 0 Å². The van der Waals surface area contributed by atoms with Crippen molar-refractivity contribution in [2.24, 2.45) is 0 Å². The van der Waals surface area contributed by atoms with Gasteiger partial charge in [0, 0.05) is 6.42 Å². The molecule has 0 heterocycles. The Bertz CT molecular complexity index is 423. The number of aliphatic hydroxyl groups excluding tert-OH is 1. The van der Waals surface area contributed by atoms with Gasteiger partial charge >= 0.3 is 0 Å². The molecule has 0 saturated heterocycles. The van der Waals surface area contributed by atoms with E-state index in [-0.39, 0.29) is 6.10 Å². The van der Waals surface area contributed by atoms with Crippen molar-refractivity contribution in [2.45, 2.75) is 38.2 Å². The Balaban J connectivity index is 2.00. The zero-order chi connectivity index (χ0) is 12.1. The zero-order valence-corrected chi connectivity index (χ0v) is 9.85. The van der Waals surface area contributed by atoms with Crippen LogP contribution in [0.5, 0.6) is 5.75 Å². The van der Waals surface area contributed by atoms with Crippen molar-refractivity contribution in [1.82, 2.24) is 0 Å². The number of nitrogens with zero attached hydrogens (tertiary/aromatic N) is 1. The van der Waals surface area contributed by atoms with Crippen LogP contribution in [0.2, 0.25) is 0 Å². The Labute approximate surface area is 102 Å². The summed E-state index contributed by atoms with van der Waals surface area (Å²) < 4.78 is 5.56. The van der Waals surface area contributed by atoms with E-state index < -0.39 is 0 Å². The normalized spacial score (nSPS) is 18.2. The number of ether oxygens (including phenoxy) is 1. The highest BCUT2D eigenvalue weighted by Gasteiger charge is 2.18. The molecule has 0 amide bonds. The molecule has 1 atom stereocenters. The highest BCUT2D eigenvalue weighted by atomic mass is 16.5. The number of rotatable bonds is 4. The number of hydrogen-bond donors (Lipinski definition) is 1. The topological polar surface area (TPSA) is 53.2 Å². The molecule has 0 bridgehead atoms. The Morgan fingerprint density at radius 2 is 2.35 bits per heavy atom. The first kappa shape index (κ1) is 11.9. The standard InChI is InChI=1S/C14H17NO2/c15-8-1-2-9-17-12-7-6-11-4-3-5-14(16)13(11)10-12/h6-7,10,14,16H,1-5,9H2. The second kappa shape index (κ2) is 5.70. The Morgan fingerprint density at radius 1 is 1.47 bits per heavy atom. The van der Waals surface area contributed by atoms with Crippen LogP contribution >= 0.6 is 0 Å². The fourth-order valence-corrected chi connectivity index (χ4v) is 2.18. The average molecular weight is 231 g/mol. The number of benzene rings is 1. The van der Waals surface area contributed by atoms with Crippen LogP contribution in [0.15, 0.2) is 18.2 Å². The average Bonchev–Trinajstić information content (AvgIpc) is 2.36. The maximum atomic E-state index is 9.90. The number of hydrogen-bond acceptors (Lipinski definition) is 3. The lowest BCUT2D eigenvalue weighted by molar-refractivity contribution is 0.156. The largest absolute Gasteiger partial charge is 0.494 e. The third-order valence-corrected chi connectivity index (χ3v) is 3.10. The van der Waals surface area contributed by atoms with E-state index in [4.69, 9.17) is 10.00 Å². The molecule has 2 rings (SSSR count). The van der Waals surface area contributed by atoms with Crippen LogP contribution in [-0.2, 0) is 6.42 Å². The number of aryl methyl sites for hydroxylation is 1. The summed E-state index contributed by atoms with van der Waals surface area (Å²) >= 11 is 0. The van der Waals surface area contributed by atoms with Crippen molar-refractivity contribution in [3.63, 3.8) is 0 Å². The molecule has 3 nitrogen and oxygen atoms in total. The maximum absolute atomic E-state index is 9.90. The fraction of sp³-hybridized carbons (Fsp3) is 0.500. The molecular weight excluding hydrogens is 214 g/mol. The molecule has 1 N–H and O–H groups in total. The SMILES string of the molecule is N#CCCCOc1ccc2c(c1)C(O)CCC2. The Hall–Kier alpha value is -1.53. The Morgan fingerprint density at radius 3 is 3.18 bits per heavy atom. The molecule has 17 heavy (non-hydrogen) atoms. The third-order valence-electron chi connectivity index (χ3n) is 3.10. The van der Waals surface area contributed by atoms with Gasteiger partial charge in [0.05, 0.1) is 18.8 Å². The number of nitriles is 1. The number of unbranched alkanes of at least 4 members (excludes halogenated alkanes) is 1. The summed E-state index contributed by atoms with van der Waals surface area (Å²) in [7, 11) is 0. The first-order valence-corrected chi connectivity index (χ1v) is 6.12. The molecule has 0 aliphatic heterocycles. The van der Waals surface area contributed by atoms with Crippen LogP contribution in [0.25, 0.3) is 0 Å². The van der Waals surface area contributed by atoms with Gasteiger partial charge in [0.2, 0.25) is 0 Å². The summed E-state index contributed by atoms with van der Waals surface area (Å²) in [5.74, 6) is 0.794. The number of aliphatic hydroxyl groups is 1.